The first-order valence-corrected chi connectivity index (χ1v) is 9.11. The van der Waals surface area contributed by atoms with Crippen molar-refractivity contribution in [1.29, 1.82) is 5.26 Å². The van der Waals surface area contributed by atoms with E-state index in [0.717, 1.165) is 30.4 Å². The molecule has 0 N–H and O–H groups in total. The van der Waals surface area contributed by atoms with E-state index in [9.17, 15) is 10.1 Å². The molecule has 0 aliphatic carbocycles. The summed E-state index contributed by atoms with van der Waals surface area (Å²) in [6.45, 7) is 6.11. The highest BCUT2D eigenvalue weighted by atomic mass is 35.5. The summed E-state index contributed by atoms with van der Waals surface area (Å²) in [5, 5.41) is 10.3. The molecule has 134 valence electrons. The van der Waals surface area contributed by atoms with Crippen molar-refractivity contribution in [3.05, 3.63) is 45.6 Å². The molecule has 0 aliphatic heterocycles. The Bertz CT molecular complexity index is 1050. The fraction of sp³-hybridized carbons (Fsp3) is 0.350. The number of hydrogen-bond acceptors (Lipinski definition) is 4. The molecule has 3 rings (SSSR count). The van der Waals surface area contributed by atoms with Gasteiger partial charge in [-0.05, 0) is 49.9 Å². The minimum absolute atomic E-state index is 0.307. The molecule has 3 aromatic rings. The molecule has 6 heteroatoms. The second-order valence-electron chi connectivity index (χ2n) is 6.18. The Morgan fingerprint density at radius 1 is 1.38 bits per heavy atom. The lowest BCUT2D eigenvalue weighted by molar-refractivity contribution is 0.0526. The Morgan fingerprint density at radius 3 is 2.81 bits per heavy atom. The lowest BCUT2D eigenvalue weighted by Crippen LogP contribution is -2.06. The summed E-state index contributed by atoms with van der Waals surface area (Å²) in [5.41, 5.74) is 4.69. The number of rotatable bonds is 5. The molecule has 2 aromatic heterocycles. The first-order chi connectivity index (χ1) is 12.5. The van der Waals surface area contributed by atoms with Crippen molar-refractivity contribution in [2.75, 3.05) is 6.61 Å². The van der Waals surface area contributed by atoms with Gasteiger partial charge in [-0.15, -0.1) is 0 Å². The van der Waals surface area contributed by atoms with Gasteiger partial charge in [0, 0.05) is 6.20 Å². The van der Waals surface area contributed by atoms with Gasteiger partial charge in [0.15, 0.2) is 0 Å². The lowest BCUT2D eigenvalue weighted by atomic mass is 9.97. The molecular formula is C20H20ClN3O2. The third kappa shape index (κ3) is 2.91. The van der Waals surface area contributed by atoms with Gasteiger partial charge in [0.25, 0.3) is 0 Å². The number of imidazole rings is 1. The van der Waals surface area contributed by atoms with Crippen LogP contribution in [0.4, 0.5) is 0 Å². The molecule has 0 atom stereocenters. The van der Waals surface area contributed by atoms with Gasteiger partial charge in [-0.2, -0.15) is 5.26 Å². The first kappa shape index (κ1) is 18.2. The van der Waals surface area contributed by atoms with Crippen LogP contribution in [-0.2, 0) is 11.2 Å². The van der Waals surface area contributed by atoms with Crippen molar-refractivity contribution in [2.45, 2.75) is 40.0 Å². The van der Waals surface area contributed by atoms with Crippen LogP contribution in [0.15, 0.2) is 18.3 Å². The number of hydrogen-bond donors (Lipinski definition) is 0. The highest BCUT2D eigenvalue weighted by Gasteiger charge is 2.21. The largest absolute Gasteiger partial charge is 0.462 e. The average Bonchev–Trinajstić information content (AvgIpc) is 3.00. The molecule has 0 unspecified atom stereocenters. The predicted molar refractivity (Wildman–Crippen MR) is 102 cm³/mol. The van der Waals surface area contributed by atoms with E-state index in [1.54, 1.807) is 29.7 Å². The van der Waals surface area contributed by atoms with Crippen LogP contribution in [-0.4, -0.2) is 22.0 Å². The summed E-state index contributed by atoms with van der Waals surface area (Å²) in [7, 11) is 0. The van der Waals surface area contributed by atoms with Crippen LogP contribution in [0.25, 0.3) is 16.7 Å². The third-order valence-electron chi connectivity index (χ3n) is 4.56. The van der Waals surface area contributed by atoms with E-state index in [-0.39, 0.29) is 0 Å². The third-order valence-corrected chi connectivity index (χ3v) is 4.97. The standard InChI is InChI=1S/C20H20ClN3O2/c1-4-6-7-14-12(3)15(10-22)18-19(17(14)21)24-11-13(20(25)26-5-2)8-9-16(24)23-18/h8-9,11H,4-7H2,1-3H3. The monoisotopic (exact) mass is 369 g/mol. The fourth-order valence-electron chi connectivity index (χ4n) is 3.19. The number of esters is 1. The van der Waals surface area contributed by atoms with Gasteiger partial charge in [-0.3, -0.25) is 4.40 Å². The molecule has 2 heterocycles. The number of unbranched alkanes of at least 4 members (excludes halogenated alkanes) is 1. The predicted octanol–water partition coefficient (Wildman–Crippen LogP) is 4.84. The van der Waals surface area contributed by atoms with Crippen LogP contribution >= 0.6 is 11.6 Å². The van der Waals surface area contributed by atoms with E-state index < -0.39 is 5.97 Å². The molecule has 0 saturated carbocycles. The molecular weight excluding hydrogens is 350 g/mol. The van der Waals surface area contributed by atoms with Crippen molar-refractivity contribution < 1.29 is 9.53 Å². The summed E-state index contributed by atoms with van der Waals surface area (Å²) < 4.78 is 6.86. The smallest absolute Gasteiger partial charge is 0.339 e. The number of fused-ring (bicyclic) bond motifs is 3. The summed E-state index contributed by atoms with van der Waals surface area (Å²) in [6.07, 6.45) is 4.50. The number of benzene rings is 1. The molecule has 0 saturated heterocycles. The van der Waals surface area contributed by atoms with E-state index in [1.165, 1.54) is 0 Å². The van der Waals surface area contributed by atoms with E-state index in [4.69, 9.17) is 16.3 Å². The SMILES string of the molecule is CCCCc1c(C)c(C#N)c2nc3ccc(C(=O)OCC)cn3c2c1Cl. The average molecular weight is 370 g/mol. The fourth-order valence-corrected chi connectivity index (χ4v) is 3.60. The van der Waals surface area contributed by atoms with E-state index in [1.807, 2.05) is 6.92 Å². The van der Waals surface area contributed by atoms with Crippen molar-refractivity contribution in [1.82, 2.24) is 9.38 Å². The topological polar surface area (TPSA) is 67.4 Å². The van der Waals surface area contributed by atoms with Gasteiger partial charge in [-0.25, -0.2) is 9.78 Å². The maximum Gasteiger partial charge on any atom is 0.339 e. The zero-order chi connectivity index (χ0) is 18.8. The Kier molecular flexibility index (Phi) is 5.15. The van der Waals surface area contributed by atoms with E-state index in [0.29, 0.717) is 39.4 Å². The quantitative estimate of drug-likeness (QED) is 0.603. The van der Waals surface area contributed by atoms with Crippen molar-refractivity contribution in [3.8, 4) is 6.07 Å². The normalized spacial score (nSPS) is 11.0. The molecule has 5 nitrogen and oxygen atoms in total. The van der Waals surface area contributed by atoms with Crippen LogP contribution in [0, 0.1) is 18.3 Å². The number of ether oxygens (including phenoxy) is 1. The molecule has 0 fully saturated rings. The maximum atomic E-state index is 12.1. The highest BCUT2D eigenvalue weighted by molar-refractivity contribution is 6.36. The Morgan fingerprint density at radius 2 is 2.15 bits per heavy atom. The Labute approximate surface area is 157 Å². The molecule has 0 radical (unpaired) electrons. The van der Waals surface area contributed by atoms with Crippen LogP contribution in [0.5, 0.6) is 0 Å². The van der Waals surface area contributed by atoms with Gasteiger partial charge in [0.1, 0.15) is 17.2 Å². The zero-order valence-electron chi connectivity index (χ0n) is 15.1. The van der Waals surface area contributed by atoms with E-state index in [2.05, 4.69) is 18.0 Å². The number of carbonyl (C=O) groups excluding carboxylic acids is 1. The minimum Gasteiger partial charge on any atom is -0.462 e. The number of nitrogens with zero attached hydrogens (tertiary/aromatic N) is 3. The summed E-state index contributed by atoms with van der Waals surface area (Å²) in [5.74, 6) is -0.397. The Hall–Kier alpha value is -2.58. The van der Waals surface area contributed by atoms with Crippen molar-refractivity contribution in [2.24, 2.45) is 0 Å². The molecule has 0 bridgehead atoms. The molecule has 0 amide bonds. The minimum atomic E-state index is -0.397. The lowest BCUT2D eigenvalue weighted by Gasteiger charge is -2.12. The molecule has 26 heavy (non-hydrogen) atoms. The van der Waals surface area contributed by atoms with Gasteiger partial charge in [0.05, 0.1) is 28.3 Å². The van der Waals surface area contributed by atoms with Crippen LogP contribution in [0.2, 0.25) is 5.02 Å². The number of carbonyl (C=O) groups is 1. The molecule has 1 aromatic carbocycles. The van der Waals surface area contributed by atoms with Crippen molar-refractivity contribution in [3.63, 3.8) is 0 Å². The van der Waals surface area contributed by atoms with Crippen LogP contribution in [0.1, 0.15) is 53.7 Å². The molecule has 0 aliphatic rings. The highest BCUT2D eigenvalue weighted by Crippen LogP contribution is 2.35. The number of pyridine rings is 1. The van der Waals surface area contributed by atoms with Crippen LogP contribution in [0.3, 0.4) is 0 Å². The molecule has 0 spiro atoms. The maximum absolute atomic E-state index is 12.1. The number of nitriles is 1. The van der Waals surface area contributed by atoms with Crippen LogP contribution < -0.4 is 0 Å². The Balaban J connectivity index is 2.34. The van der Waals surface area contributed by atoms with Gasteiger partial charge in [0.2, 0.25) is 0 Å². The number of aromatic nitrogens is 2. The van der Waals surface area contributed by atoms with Gasteiger partial charge < -0.3 is 4.74 Å². The first-order valence-electron chi connectivity index (χ1n) is 8.73. The number of halogens is 1. The van der Waals surface area contributed by atoms with E-state index >= 15 is 0 Å². The second kappa shape index (κ2) is 7.35. The van der Waals surface area contributed by atoms with Gasteiger partial charge >= 0.3 is 5.97 Å². The van der Waals surface area contributed by atoms with Gasteiger partial charge in [-0.1, -0.05) is 24.9 Å². The summed E-state index contributed by atoms with van der Waals surface area (Å²) in [4.78, 5) is 16.7. The van der Waals surface area contributed by atoms with Crippen molar-refractivity contribution >= 4 is 34.3 Å². The zero-order valence-corrected chi connectivity index (χ0v) is 15.9. The summed E-state index contributed by atoms with van der Waals surface area (Å²) in [6, 6.07) is 5.69. The second-order valence-corrected chi connectivity index (χ2v) is 6.56. The summed E-state index contributed by atoms with van der Waals surface area (Å²) >= 11 is 6.74.